The van der Waals surface area contributed by atoms with Crippen LogP contribution < -0.4 is 5.32 Å². The van der Waals surface area contributed by atoms with Gasteiger partial charge in [-0.05, 0) is 12.8 Å². The molecule has 0 saturated heterocycles. The average molecular weight is 289 g/mol. The number of rotatable bonds is 4. The van der Waals surface area contributed by atoms with E-state index in [2.05, 4.69) is 20.4 Å². The summed E-state index contributed by atoms with van der Waals surface area (Å²) in [6.45, 7) is 0.240. The first-order chi connectivity index (χ1) is 10.2. The lowest BCUT2D eigenvalue weighted by atomic mass is 9.89. The molecule has 1 fully saturated rings. The molecule has 1 amide bonds. The van der Waals surface area contributed by atoms with E-state index < -0.39 is 0 Å². The number of imidazole rings is 1. The van der Waals surface area contributed by atoms with E-state index >= 15 is 0 Å². The Bertz CT molecular complexity index is 612. The van der Waals surface area contributed by atoms with Crippen LogP contribution in [0.15, 0.2) is 17.0 Å². The molecule has 1 N–H and O–H groups in total. The van der Waals surface area contributed by atoms with Crippen molar-refractivity contribution in [1.29, 1.82) is 0 Å². The first-order valence-electron chi connectivity index (χ1n) is 7.31. The number of carbonyl (C=O) groups is 1. The van der Waals surface area contributed by atoms with Gasteiger partial charge in [-0.1, -0.05) is 24.4 Å². The molecule has 0 aromatic carbocycles. The molecule has 2 heterocycles. The van der Waals surface area contributed by atoms with Crippen molar-refractivity contribution in [2.45, 2.75) is 44.6 Å². The molecule has 0 bridgehead atoms. The van der Waals surface area contributed by atoms with Crippen molar-refractivity contribution in [2.75, 3.05) is 0 Å². The smallest absolute Gasteiger partial charge is 0.269 e. The molecule has 21 heavy (non-hydrogen) atoms. The fourth-order valence-corrected chi connectivity index (χ4v) is 2.69. The minimum Gasteiger partial charge on any atom is -0.342 e. The Hall–Kier alpha value is -2.18. The van der Waals surface area contributed by atoms with Gasteiger partial charge in [-0.2, -0.15) is 4.98 Å². The topological polar surface area (TPSA) is 85.8 Å². The maximum Gasteiger partial charge on any atom is 0.269 e. The van der Waals surface area contributed by atoms with Crippen LogP contribution in [0.3, 0.4) is 0 Å². The molecule has 112 valence electrons. The quantitative estimate of drug-likeness (QED) is 0.927. The highest BCUT2D eigenvalue weighted by Crippen LogP contribution is 2.30. The fourth-order valence-electron chi connectivity index (χ4n) is 2.69. The molecule has 1 aliphatic carbocycles. The maximum atomic E-state index is 11.9. The number of aromatic nitrogens is 4. The lowest BCUT2D eigenvalue weighted by molar-refractivity contribution is 0.0938. The summed E-state index contributed by atoms with van der Waals surface area (Å²) in [7, 11) is 1.77. The van der Waals surface area contributed by atoms with Gasteiger partial charge in [0.25, 0.3) is 5.91 Å². The molecule has 7 nitrogen and oxygen atoms in total. The first kappa shape index (κ1) is 13.8. The summed E-state index contributed by atoms with van der Waals surface area (Å²) in [5, 5.41) is 6.81. The SMILES string of the molecule is Cn1cncc1C(=O)NCc1nc(C2CCCCC2)no1. The second-order valence-electron chi connectivity index (χ2n) is 5.45. The normalized spacial score (nSPS) is 16.0. The first-order valence-corrected chi connectivity index (χ1v) is 7.31. The second kappa shape index (κ2) is 6.07. The van der Waals surface area contributed by atoms with E-state index in [4.69, 9.17) is 4.52 Å². The number of aryl methyl sites for hydroxylation is 1. The second-order valence-corrected chi connectivity index (χ2v) is 5.45. The third-order valence-corrected chi connectivity index (χ3v) is 3.90. The van der Waals surface area contributed by atoms with Crippen LogP contribution in [0.5, 0.6) is 0 Å². The number of amides is 1. The van der Waals surface area contributed by atoms with Gasteiger partial charge in [-0.15, -0.1) is 0 Å². The van der Waals surface area contributed by atoms with Crippen molar-refractivity contribution in [2.24, 2.45) is 7.05 Å². The van der Waals surface area contributed by atoms with Crippen LogP contribution in [-0.4, -0.2) is 25.6 Å². The fraction of sp³-hybridized carbons (Fsp3) is 0.571. The van der Waals surface area contributed by atoms with Crippen LogP contribution in [0.2, 0.25) is 0 Å². The molecule has 0 spiro atoms. The van der Waals surface area contributed by atoms with Crippen LogP contribution in [0.1, 0.15) is 60.2 Å². The highest BCUT2D eigenvalue weighted by molar-refractivity contribution is 5.92. The molecule has 0 unspecified atom stereocenters. The molecule has 1 saturated carbocycles. The summed E-state index contributed by atoms with van der Waals surface area (Å²) in [4.78, 5) is 20.3. The van der Waals surface area contributed by atoms with Crippen molar-refractivity contribution in [3.63, 3.8) is 0 Å². The Morgan fingerprint density at radius 1 is 1.43 bits per heavy atom. The van der Waals surface area contributed by atoms with E-state index in [0.717, 1.165) is 18.7 Å². The molecule has 7 heteroatoms. The number of nitrogens with zero attached hydrogens (tertiary/aromatic N) is 4. The summed E-state index contributed by atoms with van der Waals surface area (Å²) in [5.41, 5.74) is 0.502. The summed E-state index contributed by atoms with van der Waals surface area (Å²) < 4.78 is 6.88. The van der Waals surface area contributed by atoms with E-state index in [1.165, 1.54) is 25.5 Å². The van der Waals surface area contributed by atoms with Crippen LogP contribution in [0.25, 0.3) is 0 Å². The molecule has 0 radical (unpaired) electrons. The monoisotopic (exact) mass is 289 g/mol. The minimum absolute atomic E-state index is 0.201. The van der Waals surface area contributed by atoms with Gasteiger partial charge in [0, 0.05) is 13.0 Å². The molecule has 0 atom stereocenters. The zero-order valence-corrected chi connectivity index (χ0v) is 12.1. The van der Waals surface area contributed by atoms with Crippen LogP contribution in [-0.2, 0) is 13.6 Å². The summed E-state index contributed by atoms with van der Waals surface area (Å²) in [6, 6.07) is 0. The van der Waals surface area contributed by atoms with Crippen molar-refractivity contribution in [1.82, 2.24) is 25.0 Å². The zero-order valence-electron chi connectivity index (χ0n) is 12.1. The minimum atomic E-state index is -0.201. The van der Waals surface area contributed by atoms with Crippen molar-refractivity contribution in [3.05, 3.63) is 29.9 Å². The van der Waals surface area contributed by atoms with Gasteiger partial charge in [0.15, 0.2) is 5.82 Å². The van der Waals surface area contributed by atoms with Gasteiger partial charge >= 0.3 is 0 Å². The molecule has 2 aromatic rings. The Balaban J connectivity index is 1.57. The molecular weight excluding hydrogens is 270 g/mol. The zero-order chi connectivity index (χ0) is 14.7. The number of hydrogen-bond acceptors (Lipinski definition) is 5. The van der Waals surface area contributed by atoms with Gasteiger partial charge in [0.05, 0.1) is 19.1 Å². The molecule has 2 aromatic heterocycles. The van der Waals surface area contributed by atoms with E-state index in [1.54, 1.807) is 17.9 Å². The molecule has 0 aliphatic heterocycles. The van der Waals surface area contributed by atoms with Gasteiger partial charge in [-0.3, -0.25) is 4.79 Å². The molecular formula is C14H19N5O2. The average Bonchev–Trinajstić information content (AvgIpc) is 3.15. The van der Waals surface area contributed by atoms with Crippen LogP contribution in [0.4, 0.5) is 0 Å². The predicted octanol–water partition coefficient (Wildman–Crippen LogP) is 1.78. The van der Waals surface area contributed by atoms with Gasteiger partial charge in [0.1, 0.15) is 5.69 Å². The van der Waals surface area contributed by atoms with Gasteiger partial charge in [-0.25, -0.2) is 4.98 Å². The lowest BCUT2D eigenvalue weighted by Crippen LogP contribution is -2.24. The van der Waals surface area contributed by atoms with Gasteiger partial charge in [0.2, 0.25) is 5.89 Å². The molecule has 1 aliphatic rings. The number of nitrogens with one attached hydrogen (secondary N) is 1. The summed E-state index contributed by atoms with van der Waals surface area (Å²) in [6.07, 6.45) is 9.11. The largest absolute Gasteiger partial charge is 0.342 e. The third-order valence-electron chi connectivity index (χ3n) is 3.90. The van der Waals surface area contributed by atoms with E-state index in [-0.39, 0.29) is 12.5 Å². The van der Waals surface area contributed by atoms with E-state index in [9.17, 15) is 4.79 Å². The summed E-state index contributed by atoms with van der Waals surface area (Å²) >= 11 is 0. The van der Waals surface area contributed by atoms with E-state index in [0.29, 0.717) is 17.5 Å². The van der Waals surface area contributed by atoms with Crippen molar-refractivity contribution >= 4 is 5.91 Å². The highest BCUT2D eigenvalue weighted by atomic mass is 16.5. The third kappa shape index (κ3) is 3.12. The standard InChI is InChI=1S/C14H19N5O2/c1-19-9-15-7-11(19)14(20)16-8-12-17-13(18-21-12)10-5-3-2-4-6-10/h7,9-10H,2-6,8H2,1H3,(H,16,20). The van der Waals surface area contributed by atoms with E-state index in [1.807, 2.05) is 0 Å². The Morgan fingerprint density at radius 3 is 2.95 bits per heavy atom. The predicted molar refractivity (Wildman–Crippen MR) is 74.5 cm³/mol. The Kier molecular flexibility index (Phi) is 3.98. The van der Waals surface area contributed by atoms with Crippen molar-refractivity contribution in [3.8, 4) is 0 Å². The number of hydrogen-bond donors (Lipinski definition) is 1. The van der Waals surface area contributed by atoms with Gasteiger partial charge < -0.3 is 14.4 Å². The maximum absolute atomic E-state index is 11.9. The Labute approximate surface area is 122 Å². The van der Waals surface area contributed by atoms with Crippen LogP contribution in [0, 0.1) is 0 Å². The number of carbonyl (C=O) groups excluding carboxylic acids is 1. The van der Waals surface area contributed by atoms with Crippen molar-refractivity contribution < 1.29 is 9.32 Å². The Morgan fingerprint density at radius 2 is 2.24 bits per heavy atom. The summed E-state index contributed by atoms with van der Waals surface area (Å²) in [5.74, 6) is 1.43. The lowest BCUT2D eigenvalue weighted by Gasteiger charge is -2.17. The molecule has 3 rings (SSSR count). The van der Waals surface area contributed by atoms with Crippen LogP contribution >= 0.6 is 0 Å². The highest BCUT2D eigenvalue weighted by Gasteiger charge is 2.21.